The molecule has 0 aliphatic carbocycles. The molecular formula is C12H13Cl2NO3. The van der Waals surface area contributed by atoms with E-state index in [1.54, 1.807) is 18.2 Å². The van der Waals surface area contributed by atoms with Crippen LogP contribution >= 0.6 is 23.2 Å². The second-order valence-corrected chi connectivity index (χ2v) is 4.58. The highest BCUT2D eigenvalue weighted by atomic mass is 35.5. The predicted octanol–water partition coefficient (Wildman–Crippen LogP) is 3.21. The lowest BCUT2D eigenvalue weighted by Gasteiger charge is -2.21. The zero-order valence-corrected chi connectivity index (χ0v) is 11.3. The van der Waals surface area contributed by atoms with E-state index in [1.807, 2.05) is 0 Å². The molecule has 6 heteroatoms. The molecule has 0 radical (unpaired) electrons. The van der Waals surface area contributed by atoms with Gasteiger partial charge in [-0.15, -0.1) is 0 Å². The van der Waals surface area contributed by atoms with E-state index < -0.39 is 5.97 Å². The van der Waals surface area contributed by atoms with Crippen molar-refractivity contribution in [1.82, 2.24) is 0 Å². The lowest BCUT2D eigenvalue weighted by molar-refractivity contribution is -0.137. The van der Waals surface area contributed by atoms with Gasteiger partial charge >= 0.3 is 5.97 Å². The van der Waals surface area contributed by atoms with Gasteiger partial charge in [-0.25, -0.2) is 0 Å². The minimum absolute atomic E-state index is 0.0190. The number of hydrogen-bond acceptors (Lipinski definition) is 2. The largest absolute Gasteiger partial charge is 0.481 e. The Morgan fingerprint density at radius 2 is 1.94 bits per heavy atom. The zero-order chi connectivity index (χ0) is 13.7. The minimum atomic E-state index is -0.882. The molecule has 0 heterocycles. The van der Waals surface area contributed by atoms with Crippen LogP contribution in [0, 0.1) is 0 Å². The molecule has 98 valence electrons. The van der Waals surface area contributed by atoms with Gasteiger partial charge in [0.05, 0.1) is 10.0 Å². The van der Waals surface area contributed by atoms with Gasteiger partial charge in [0.1, 0.15) is 0 Å². The number of amides is 1. The molecule has 0 fully saturated rings. The Morgan fingerprint density at radius 1 is 1.28 bits per heavy atom. The second kappa shape index (κ2) is 6.61. The van der Waals surface area contributed by atoms with Crippen LogP contribution in [0.3, 0.4) is 0 Å². The summed E-state index contributed by atoms with van der Waals surface area (Å²) in [5.41, 5.74) is 0.613. The first-order chi connectivity index (χ1) is 8.41. The van der Waals surface area contributed by atoms with Crippen LogP contribution in [-0.2, 0) is 9.59 Å². The Balaban J connectivity index is 2.80. The highest BCUT2D eigenvalue weighted by Crippen LogP contribution is 2.27. The van der Waals surface area contributed by atoms with E-state index in [1.165, 1.54) is 11.8 Å². The molecule has 0 aliphatic rings. The summed E-state index contributed by atoms with van der Waals surface area (Å²) in [6.07, 6.45) is 0.403. The van der Waals surface area contributed by atoms with Gasteiger partial charge in [0.2, 0.25) is 5.91 Å². The molecule has 0 bridgehead atoms. The number of aliphatic carboxylic acids is 1. The molecule has 0 spiro atoms. The third kappa shape index (κ3) is 4.20. The minimum Gasteiger partial charge on any atom is -0.481 e. The Morgan fingerprint density at radius 3 is 2.44 bits per heavy atom. The van der Waals surface area contributed by atoms with Gasteiger partial charge in [-0.3, -0.25) is 9.59 Å². The quantitative estimate of drug-likeness (QED) is 0.905. The number of halogens is 2. The van der Waals surface area contributed by atoms with Crippen molar-refractivity contribution in [3.05, 3.63) is 28.2 Å². The molecule has 0 aliphatic heterocycles. The van der Waals surface area contributed by atoms with Gasteiger partial charge < -0.3 is 10.0 Å². The smallest absolute Gasteiger partial charge is 0.303 e. The van der Waals surface area contributed by atoms with E-state index in [4.69, 9.17) is 28.3 Å². The van der Waals surface area contributed by atoms with Crippen molar-refractivity contribution in [1.29, 1.82) is 0 Å². The second-order valence-electron chi connectivity index (χ2n) is 3.77. The number of nitrogens with zero attached hydrogens (tertiary/aromatic N) is 1. The average molecular weight is 290 g/mol. The Kier molecular flexibility index (Phi) is 5.44. The third-order valence-electron chi connectivity index (χ3n) is 2.37. The van der Waals surface area contributed by atoms with Gasteiger partial charge in [-0.05, 0) is 24.6 Å². The summed E-state index contributed by atoms with van der Waals surface area (Å²) in [5, 5.41) is 9.35. The van der Waals surface area contributed by atoms with Crippen LogP contribution < -0.4 is 4.90 Å². The highest BCUT2D eigenvalue weighted by molar-refractivity contribution is 6.42. The third-order valence-corrected chi connectivity index (χ3v) is 3.11. The number of carboxylic acids is 1. The van der Waals surface area contributed by atoms with E-state index in [9.17, 15) is 9.59 Å². The van der Waals surface area contributed by atoms with Crippen molar-refractivity contribution in [2.75, 3.05) is 11.4 Å². The molecule has 18 heavy (non-hydrogen) atoms. The van der Waals surface area contributed by atoms with E-state index in [0.717, 1.165) is 0 Å². The zero-order valence-electron chi connectivity index (χ0n) is 9.82. The maximum Gasteiger partial charge on any atom is 0.303 e. The Bertz CT molecular complexity index is 463. The van der Waals surface area contributed by atoms with Crippen LogP contribution in [0.2, 0.25) is 10.0 Å². The molecule has 1 aromatic rings. The van der Waals surface area contributed by atoms with Crippen molar-refractivity contribution < 1.29 is 14.7 Å². The summed E-state index contributed by atoms with van der Waals surface area (Å²) in [6, 6.07) is 4.87. The molecule has 0 unspecified atom stereocenters. The van der Waals surface area contributed by atoms with Crippen LogP contribution in [0.1, 0.15) is 19.8 Å². The molecule has 0 aromatic heterocycles. The summed E-state index contributed by atoms with van der Waals surface area (Å²) in [6.45, 7) is 1.75. The van der Waals surface area contributed by atoms with E-state index in [-0.39, 0.29) is 12.3 Å². The van der Waals surface area contributed by atoms with Crippen LogP contribution in [0.4, 0.5) is 5.69 Å². The normalized spacial score (nSPS) is 10.2. The molecule has 4 nitrogen and oxygen atoms in total. The summed E-state index contributed by atoms with van der Waals surface area (Å²) < 4.78 is 0. The van der Waals surface area contributed by atoms with Crippen LogP contribution in [0.15, 0.2) is 18.2 Å². The van der Waals surface area contributed by atoms with Gasteiger partial charge in [0.15, 0.2) is 0 Å². The van der Waals surface area contributed by atoms with E-state index in [2.05, 4.69) is 0 Å². The lowest BCUT2D eigenvalue weighted by Crippen LogP contribution is -2.29. The number of rotatable bonds is 5. The Labute approximate surface area is 115 Å². The molecule has 1 aromatic carbocycles. The van der Waals surface area contributed by atoms with Crippen LogP contribution in [-0.4, -0.2) is 23.5 Å². The lowest BCUT2D eigenvalue weighted by atomic mass is 10.2. The standard InChI is InChI=1S/C12H13Cl2NO3/c1-8(16)15(6-2-3-12(17)18)9-4-5-10(13)11(14)7-9/h4-5,7H,2-3,6H2,1H3,(H,17,18). The number of carbonyl (C=O) groups is 2. The summed E-state index contributed by atoms with van der Waals surface area (Å²) in [7, 11) is 0. The molecule has 1 amide bonds. The first kappa shape index (κ1) is 14.8. The Hall–Kier alpha value is -1.26. The molecular weight excluding hydrogens is 277 g/mol. The van der Waals surface area contributed by atoms with Crippen molar-refractivity contribution in [2.45, 2.75) is 19.8 Å². The number of carboxylic acid groups (broad SMARTS) is 1. The van der Waals surface area contributed by atoms with Crippen LogP contribution in [0.25, 0.3) is 0 Å². The van der Waals surface area contributed by atoms with Crippen molar-refractivity contribution in [3.63, 3.8) is 0 Å². The van der Waals surface area contributed by atoms with Crippen molar-refractivity contribution >= 4 is 40.8 Å². The molecule has 1 N–H and O–H groups in total. The monoisotopic (exact) mass is 289 g/mol. The number of benzene rings is 1. The number of carbonyl (C=O) groups excluding carboxylic acids is 1. The maximum atomic E-state index is 11.5. The molecule has 0 atom stereocenters. The molecule has 0 saturated heterocycles. The fraction of sp³-hybridized carbons (Fsp3) is 0.333. The number of hydrogen-bond donors (Lipinski definition) is 1. The molecule has 0 saturated carbocycles. The SMILES string of the molecule is CC(=O)N(CCCC(=O)O)c1ccc(Cl)c(Cl)c1. The average Bonchev–Trinajstić information content (AvgIpc) is 2.27. The summed E-state index contributed by atoms with van der Waals surface area (Å²) >= 11 is 11.7. The van der Waals surface area contributed by atoms with Crippen LogP contribution in [0.5, 0.6) is 0 Å². The van der Waals surface area contributed by atoms with E-state index in [0.29, 0.717) is 28.7 Å². The first-order valence-electron chi connectivity index (χ1n) is 5.36. The predicted molar refractivity (Wildman–Crippen MR) is 71.4 cm³/mol. The van der Waals surface area contributed by atoms with Gasteiger partial charge in [0, 0.05) is 25.6 Å². The van der Waals surface area contributed by atoms with Crippen molar-refractivity contribution in [3.8, 4) is 0 Å². The fourth-order valence-corrected chi connectivity index (χ4v) is 1.80. The molecule has 1 rings (SSSR count). The first-order valence-corrected chi connectivity index (χ1v) is 6.12. The van der Waals surface area contributed by atoms with Gasteiger partial charge in [-0.1, -0.05) is 23.2 Å². The fourth-order valence-electron chi connectivity index (χ4n) is 1.51. The topological polar surface area (TPSA) is 57.6 Å². The highest BCUT2D eigenvalue weighted by Gasteiger charge is 2.13. The van der Waals surface area contributed by atoms with Gasteiger partial charge in [-0.2, -0.15) is 0 Å². The number of anilines is 1. The summed E-state index contributed by atoms with van der Waals surface area (Å²) in [5.74, 6) is -1.05. The van der Waals surface area contributed by atoms with Crippen molar-refractivity contribution in [2.24, 2.45) is 0 Å². The van der Waals surface area contributed by atoms with Gasteiger partial charge in [0.25, 0.3) is 0 Å². The summed E-state index contributed by atoms with van der Waals surface area (Å²) in [4.78, 5) is 23.4. The van der Waals surface area contributed by atoms with E-state index >= 15 is 0 Å². The maximum absolute atomic E-state index is 11.5.